The maximum absolute atomic E-state index is 2.75. The Morgan fingerprint density at radius 2 is 1.67 bits per heavy atom. The van der Waals surface area contributed by atoms with E-state index in [0.29, 0.717) is 0 Å². The average molecular weight is 281 g/mol. The summed E-state index contributed by atoms with van der Waals surface area (Å²) in [6.07, 6.45) is 11.2. The highest BCUT2D eigenvalue weighted by Gasteiger charge is 2.42. The van der Waals surface area contributed by atoms with Crippen LogP contribution in [0.3, 0.4) is 0 Å². The van der Waals surface area contributed by atoms with Crippen LogP contribution in [0.4, 0.5) is 0 Å². The number of fused-ring (bicyclic) bond motifs is 2. The fourth-order valence-electron chi connectivity index (χ4n) is 5.18. The Morgan fingerprint density at radius 1 is 0.905 bits per heavy atom. The predicted molar refractivity (Wildman–Crippen MR) is 89.1 cm³/mol. The van der Waals surface area contributed by atoms with E-state index in [2.05, 4.69) is 42.3 Å². The minimum absolute atomic E-state index is 0.730. The fraction of sp³-hybridized carbons (Fsp3) is 0.600. The molecule has 2 saturated carbocycles. The summed E-state index contributed by atoms with van der Waals surface area (Å²) in [6.45, 7) is 0. The first-order valence-corrected chi connectivity index (χ1v) is 8.86. The molecule has 0 bridgehead atoms. The van der Waals surface area contributed by atoms with Gasteiger partial charge in [-0.05, 0) is 55.9 Å². The summed E-state index contributed by atoms with van der Waals surface area (Å²) in [5.74, 6) is 0.787. The molecule has 0 radical (unpaired) electrons. The van der Waals surface area contributed by atoms with Gasteiger partial charge in [-0.25, -0.2) is 0 Å². The predicted octanol–water partition coefficient (Wildman–Crippen LogP) is 4.89. The lowest BCUT2D eigenvalue weighted by molar-refractivity contribution is 0.0992. The lowest BCUT2D eigenvalue weighted by Crippen LogP contribution is -2.51. The van der Waals surface area contributed by atoms with Crippen molar-refractivity contribution in [2.75, 3.05) is 7.05 Å². The number of rotatable bonds is 1. The van der Waals surface area contributed by atoms with Gasteiger partial charge >= 0.3 is 0 Å². The van der Waals surface area contributed by atoms with Gasteiger partial charge in [0.2, 0.25) is 0 Å². The van der Waals surface area contributed by atoms with E-state index in [0.717, 1.165) is 18.0 Å². The van der Waals surface area contributed by atoms with E-state index in [9.17, 15) is 0 Å². The van der Waals surface area contributed by atoms with Crippen molar-refractivity contribution < 1.29 is 0 Å². The van der Waals surface area contributed by atoms with Gasteiger partial charge in [-0.2, -0.15) is 0 Å². The zero-order valence-electron chi connectivity index (χ0n) is 13.2. The molecule has 1 nitrogen and oxygen atoms in total. The van der Waals surface area contributed by atoms with Crippen LogP contribution < -0.4 is 0 Å². The fourth-order valence-corrected chi connectivity index (χ4v) is 5.18. The third kappa shape index (κ3) is 2.26. The van der Waals surface area contributed by atoms with Gasteiger partial charge in [0.25, 0.3) is 0 Å². The SMILES string of the molecule is CN1[C@@H]2CCCCC2=C(c2ccccc2)[C@H]2CCCC[C@H]21. The van der Waals surface area contributed by atoms with Crippen LogP contribution in [0.5, 0.6) is 0 Å². The molecule has 0 aromatic heterocycles. The van der Waals surface area contributed by atoms with Gasteiger partial charge < -0.3 is 0 Å². The van der Waals surface area contributed by atoms with Gasteiger partial charge in [0, 0.05) is 18.0 Å². The van der Waals surface area contributed by atoms with Crippen molar-refractivity contribution in [2.24, 2.45) is 5.92 Å². The molecular formula is C20H27N. The quantitative estimate of drug-likeness (QED) is 0.708. The zero-order valence-corrected chi connectivity index (χ0v) is 13.2. The van der Waals surface area contributed by atoms with Crippen LogP contribution in [0, 0.1) is 5.92 Å². The Bertz CT molecular complexity index is 530. The first kappa shape index (κ1) is 13.6. The van der Waals surface area contributed by atoms with Crippen molar-refractivity contribution in [3.05, 3.63) is 41.5 Å². The monoisotopic (exact) mass is 281 g/mol. The maximum atomic E-state index is 2.75. The Kier molecular flexibility index (Phi) is 3.62. The standard InChI is InChI=1S/C20H27N/c1-21-18-13-7-5-11-16(18)20(15-9-3-2-4-10-15)17-12-6-8-14-19(17)21/h2-4,9-10,16,18-19H,5-8,11-14H2,1H3/t16-,18+,19+/m0/s1. The second kappa shape index (κ2) is 5.61. The Hall–Kier alpha value is -1.08. The number of nitrogens with zero attached hydrogens (tertiary/aromatic N) is 1. The van der Waals surface area contributed by atoms with Gasteiger partial charge in [-0.3, -0.25) is 4.90 Å². The third-order valence-electron chi connectivity index (χ3n) is 6.12. The average Bonchev–Trinajstić information content (AvgIpc) is 2.56. The van der Waals surface area contributed by atoms with Crippen molar-refractivity contribution in [1.29, 1.82) is 0 Å². The molecule has 2 fully saturated rings. The molecule has 21 heavy (non-hydrogen) atoms. The first-order valence-electron chi connectivity index (χ1n) is 8.86. The molecule has 0 unspecified atom stereocenters. The van der Waals surface area contributed by atoms with Crippen LogP contribution in [0.2, 0.25) is 0 Å². The number of likely N-dealkylation sites (N-methyl/N-ethyl adjacent to an activating group) is 1. The van der Waals surface area contributed by atoms with Crippen molar-refractivity contribution >= 4 is 5.57 Å². The van der Waals surface area contributed by atoms with Crippen molar-refractivity contribution in [1.82, 2.24) is 4.90 Å². The molecule has 1 aromatic carbocycles. The highest BCUT2D eigenvalue weighted by molar-refractivity contribution is 5.73. The summed E-state index contributed by atoms with van der Waals surface area (Å²) in [7, 11) is 2.40. The maximum Gasteiger partial charge on any atom is 0.0313 e. The molecule has 1 aliphatic heterocycles. The van der Waals surface area contributed by atoms with Crippen LogP contribution in [0.1, 0.15) is 56.9 Å². The zero-order chi connectivity index (χ0) is 14.2. The first-order chi connectivity index (χ1) is 10.4. The molecule has 0 saturated heterocycles. The lowest BCUT2D eigenvalue weighted by Gasteiger charge is -2.50. The molecule has 3 atom stereocenters. The molecule has 0 amide bonds. The second-order valence-corrected chi connectivity index (χ2v) is 7.19. The molecule has 3 aliphatic rings. The summed E-state index contributed by atoms with van der Waals surface area (Å²) in [5.41, 5.74) is 5.06. The number of hydrogen-bond donors (Lipinski definition) is 0. The smallest absolute Gasteiger partial charge is 0.0313 e. The molecule has 1 aromatic rings. The molecule has 1 heteroatoms. The summed E-state index contributed by atoms with van der Waals surface area (Å²) in [4.78, 5) is 2.75. The summed E-state index contributed by atoms with van der Waals surface area (Å²) < 4.78 is 0. The van der Waals surface area contributed by atoms with E-state index in [4.69, 9.17) is 0 Å². The molecule has 4 rings (SSSR count). The third-order valence-corrected chi connectivity index (χ3v) is 6.12. The van der Waals surface area contributed by atoms with Crippen LogP contribution in [-0.2, 0) is 0 Å². The normalized spacial score (nSPS) is 33.5. The Morgan fingerprint density at radius 3 is 2.52 bits per heavy atom. The second-order valence-electron chi connectivity index (χ2n) is 7.19. The van der Waals surface area contributed by atoms with E-state index in [1.807, 2.05) is 0 Å². The molecule has 0 spiro atoms. The number of hydrogen-bond acceptors (Lipinski definition) is 1. The topological polar surface area (TPSA) is 3.24 Å². The van der Waals surface area contributed by atoms with Crippen molar-refractivity contribution in [2.45, 2.75) is 63.5 Å². The highest BCUT2D eigenvalue weighted by Crippen LogP contribution is 2.48. The van der Waals surface area contributed by atoms with Crippen molar-refractivity contribution in [3.8, 4) is 0 Å². The van der Waals surface area contributed by atoms with E-state index >= 15 is 0 Å². The Balaban J connectivity index is 1.84. The number of benzene rings is 1. The van der Waals surface area contributed by atoms with Gasteiger partial charge in [0.15, 0.2) is 0 Å². The van der Waals surface area contributed by atoms with Crippen LogP contribution >= 0.6 is 0 Å². The largest absolute Gasteiger partial charge is 0.296 e. The Labute approximate surface area is 129 Å². The van der Waals surface area contributed by atoms with Gasteiger partial charge in [-0.15, -0.1) is 0 Å². The summed E-state index contributed by atoms with van der Waals surface area (Å²) in [5, 5.41) is 0. The lowest BCUT2D eigenvalue weighted by atomic mass is 9.68. The molecular weight excluding hydrogens is 254 g/mol. The van der Waals surface area contributed by atoms with E-state index in [1.165, 1.54) is 56.9 Å². The minimum atomic E-state index is 0.730. The van der Waals surface area contributed by atoms with Crippen LogP contribution in [0.25, 0.3) is 5.57 Å². The van der Waals surface area contributed by atoms with E-state index in [-0.39, 0.29) is 0 Å². The molecule has 2 aliphatic carbocycles. The minimum Gasteiger partial charge on any atom is -0.296 e. The highest BCUT2D eigenvalue weighted by atomic mass is 15.2. The molecule has 1 heterocycles. The van der Waals surface area contributed by atoms with Crippen molar-refractivity contribution in [3.63, 3.8) is 0 Å². The van der Waals surface area contributed by atoms with Gasteiger partial charge in [0.1, 0.15) is 0 Å². The molecule has 112 valence electrons. The van der Waals surface area contributed by atoms with Crippen LogP contribution in [0.15, 0.2) is 35.9 Å². The van der Waals surface area contributed by atoms with Crippen LogP contribution in [-0.4, -0.2) is 24.0 Å². The van der Waals surface area contributed by atoms with Gasteiger partial charge in [-0.1, -0.05) is 49.6 Å². The van der Waals surface area contributed by atoms with E-state index < -0.39 is 0 Å². The summed E-state index contributed by atoms with van der Waals surface area (Å²) >= 11 is 0. The molecule has 0 N–H and O–H groups in total. The van der Waals surface area contributed by atoms with Gasteiger partial charge in [0.05, 0.1) is 0 Å². The van der Waals surface area contributed by atoms with E-state index in [1.54, 1.807) is 11.1 Å². The summed E-state index contributed by atoms with van der Waals surface area (Å²) in [6, 6.07) is 12.8.